The first-order chi connectivity index (χ1) is 11.2. The molecule has 6 nitrogen and oxygen atoms in total. The van der Waals surface area contributed by atoms with E-state index < -0.39 is 0 Å². The van der Waals surface area contributed by atoms with Gasteiger partial charge in [0.2, 0.25) is 5.91 Å². The second kappa shape index (κ2) is 6.91. The summed E-state index contributed by atoms with van der Waals surface area (Å²) in [6.07, 6.45) is 4.80. The third kappa shape index (κ3) is 3.66. The lowest BCUT2D eigenvalue weighted by Gasteiger charge is -2.20. The minimum atomic E-state index is -0.312. The van der Waals surface area contributed by atoms with Crippen molar-refractivity contribution in [2.45, 2.75) is 19.4 Å². The van der Waals surface area contributed by atoms with Crippen molar-refractivity contribution in [3.8, 4) is 0 Å². The maximum Gasteiger partial charge on any atom is 0.319 e. The van der Waals surface area contributed by atoms with E-state index in [9.17, 15) is 9.59 Å². The summed E-state index contributed by atoms with van der Waals surface area (Å²) in [5, 5.41) is 5.60. The van der Waals surface area contributed by atoms with Crippen LogP contribution in [0.5, 0.6) is 0 Å². The summed E-state index contributed by atoms with van der Waals surface area (Å²) in [6, 6.07) is 10.7. The van der Waals surface area contributed by atoms with Gasteiger partial charge >= 0.3 is 6.03 Å². The van der Waals surface area contributed by atoms with E-state index in [0.717, 1.165) is 17.7 Å². The molecule has 0 unspecified atom stereocenters. The third-order valence-electron chi connectivity index (χ3n) is 3.69. The van der Waals surface area contributed by atoms with Gasteiger partial charge < -0.3 is 15.5 Å². The van der Waals surface area contributed by atoms with Crippen molar-refractivity contribution in [3.05, 3.63) is 54.4 Å². The van der Waals surface area contributed by atoms with Crippen LogP contribution in [0.1, 0.15) is 18.4 Å². The van der Waals surface area contributed by atoms with E-state index in [-0.39, 0.29) is 11.9 Å². The van der Waals surface area contributed by atoms with E-state index in [1.807, 2.05) is 30.3 Å². The number of nitrogens with one attached hydrogen (secondary N) is 2. The van der Waals surface area contributed by atoms with Crippen molar-refractivity contribution in [2.75, 3.05) is 16.8 Å². The number of hydrogen-bond donors (Lipinski definition) is 2. The number of para-hydroxylation sites is 2. The van der Waals surface area contributed by atoms with Crippen molar-refractivity contribution in [1.29, 1.82) is 0 Å². The number of hydrogen-bond acceptors (Lipinski definition) is 3. The number of anilines is 2. The molecule has 1 aromatic heterocycles. The lowest BCUT2D eigenvalue weighted by molar-refractivity contribution is -0.117. The molecule has 2 heterocycles. The zero-order chi connectivity index (χ0) is 16.1. The van der Waals surface area contributed by atoms with Gasteiger partial charge in [0.25, 0.3) is 0 Å². The van der Waals surface area contributed by atoms with Crippen molar-refractivity contribution >= 4 is 23.3 Å². The van der Waals surface area contributed by atoms with Crippen LogP contribution in [0.4, 0.5) is 16.2 Å². The monoisotopic (exact) mass is 310 g/mol. The number of aromatic nitrogens is 1. The van der Waals surface area contributed by atoms with Gasteiger partial charge in [-0.25, -0.2) is 4.79 Å². The van der Waals surface area contributed by atoms with E-state index in [2.05, 4.69) is 15.6 Å². The molecule has 1 aliphatic rings. The molecule has 0 spiro atoms. The van der Waals surface area contributed by atoms with Gasteiger partial charge in [-0.05, 0) is 30.2 Å². The Hall–Kier alpha value is -2.89. The molecule has 3 rings (SSSR count). The quantitative estimate of drug-likeness (QED) is 0.911. The van der Waals surface area contributed by atoms with Gasteiger partial charge in [-0.2, -0.15) is 0 Å². The van der Waals surface area contributed by atoms with E-state index in [1.54, 1.807) is 23.4 Å². The summed E-state index contributed by atoms with van der Waals surface area (Å²) >= 11 is 0. The Morgan fingerprint density at radius 2 is 2.09 bits per heavy atom. The zero-order valence-corrected chi connectivity index (χ0v) is 12.7. The number of urea groups is 1. The molecule has 1 fully saturated rings. The predicted octanol–water partition coefficient (Wildman–Crippen LogP) is 2.53. The summed E-state index contributed by atoms with van der Waals surface area (Å²) in [5.74, 6) is 0.0926. The summed E-state index contributed by atoms with van der Waals surface area (Å²) in [4.78, 5) is 29.7. The molecule has 1 aliphatic heterocycles. The smallest absolute Gasteiger partial charge is 0.319 e. The van der Waals surface area contributed by atoms with Gasteiger partial charge in [-0.3, -0.25) is 9.78 Å². The van der Waals surface area contributed by atoms with Crippen LogP contribution >= 0.6 is 0 Å². The van der Waals surface area contributed by atoms with Gasteiger partial charge in [-0.15, -0.1) is 0 Å². The number of rotatable bonds is 4. The summed E-state index contributed by atoms with van der Waals surface area (Å²) < 4.78 is 0. The number of carbonyl (C=O) groups is 2. The highest BCUT2D eigenvalue weighted by Crippen LogP contribution is 2.29. The molecule has 2 N–H and O–H groups in total. The fourth-order valence-electron chi connectivity index (χ4n) is 2.57. The second-order valence-electron chi connectivity index (χ2n) is 5.34. The highest BCUT2D eigenvalue weighted by molar-refractivity contribution is 6.01. The van der Waals surface area contributed by atoms with Gasteiger partial charge in [-0.1, -0.05) is 18.2 Å². The minimum Gasteiger partial charge on any atom is -0.334 e. The Labute approximate surface area is 134 Å². The maximum atomic E-state index is 12.1. The standard InChI is InChI=1S/C17H18N4O2/c22-16-8-4-10-21(16)15-7-2-1-6-14(15)20-17(23)19-12-13-5-3-9-18-11-13/h1-3,5-7,9,11H,4,8,10,12H2,(H2,19,20,23). The number of amides is 3. The second-order valence-corrected chi connectivity index (χ2v) is 5.34. The molecule has 0 saturated carbocycles. The molecular formula is C17H18N4O2. The first-order valence-corrected chi connectivity index (χ1v) is 7.57. The molecule has 23 heavy (non-hydrogen) atoms. The SMILES string of the molecule is O=C(NCc1cccnc1)Nc1ccccc1N1CCCC1=O. The molecular weight excluding hydrogens is 292 g/mol. The first kappa shape index (κ1) is 15.0. The maximum absolute atomic E-state index is 12.1. The van der Waals surface area contributed by atoms with Crippen LogP contribution in [0.15, 0.2) is 48.8 Å². The highest BCUT2D eigenvalue weighted by Gasteiger charge is 2.24. The largest absolute Gasteiger partial charge is 0.334 e. The van der Waals surface area contributed by atoms with E-state index >= 15 is 0 Å². The Kier molecular flexibility index (Phi) is 4.52. The number of nitrogens with zero attached hydrogens (tertiary/aromatic N) is 2. The molecule has 0 aliphatic carbocycles. The van der Waals surface area contributed by atoms with E-state index in [1.165, 1.54) is 0 Å². The van der Waals surface area contributed by atoms with Crippen LogP contribution in [0.2, 0.25) is 0 Å². The van der Waals surface area contributed by atoms with Crippen LogP contribution in [0.3, 0.4) is 0 Å². The van der Waals surface area contributed by atoms with E-state index in [4.69, 9.17) is 0 Å². The average Bonchev–Trinajstić information content (AvgIpc) is 3.00. The molecule has 6 heteroatoms. The topological polar surface area (TPSA) is 74.3 Å². The van der Waals surface area contributed by atoms with Crippen LogP contribution in [0, 0.1) is 0 Å². The van der Waals surface area contributed by atoms with Crippen LogP contribution < -0.4 is 15.5 Å². The summed E-state index contributed by atoms with van der Waals surface area (Å²) in [6.45, 7) is 1.08. The molecule has 0 bridgehead atoms. The van der Waals surface area contributed by atoms with Gasteiger partial charge in [0.05, 0.1) is 11.4 Å². The molecule has 118 valence electrons. The Morgan fingerprint density at radius 1 is 1.22 bits per heavy atom. The zero-order valence-electron chi connectivity index (χ0n) is 12.7. The number of benzene rings is 1. The number of carbonyl (C=O) groups excluding carboxylic acids is 2. The van der Waals surface area contributed by atoms with Crippen LogP contribution in [-0.4, -0.2) is 23.5 Å². The Morgan fingerprint density at radius 3 is 2.83 bits per heavy atom. The lowest BCUT2D eigenvalue weighted by Crippen LogP contribution is -2.30. The van der Waals surface area contributed by atoms with Crippen molar-refractivity contribution in [1.82, 2.24) is 10.3 Å². The lowest BCUT2D eigenvalue weighted by atomic mass is 10.2. The average molecular weight is 310 g/mol. The predicted molar refractivity (Wildman–Crippen MR) is 88.1 cm³/mol. The van der Waals surface area contributed by atoms with Crippen LogP contribution in [-0.2, 0) is 11.3 Å². The Balaban J connectivity index is 1.65. The first-order valence-electron chi connectivity index (χ1n) is 7.57. The Bertz CT molecular complexity index is 703. The van der Waals surface area contributed by atoms with Crippen LogP contribution in [0.25, 0.3) is 0 Å². The normalized spacial score (nSPS) is 13.9. The molecule has 1 aromatic carbocycles. The minimum absolute atomic E-state index is 0.0926. The van der Waals surface area contributed by atoms with Crippen molar-refractivity contribution < 1.29 is 9.59 Å². The molecule has 0 atom stereocenters. The van der Waals surface area contributed by atoms with Crippen molar-refractivity contribution in [2.24, 2.45) is 0 Å². The summed E-state index contributed by atoms with van der Waals surface area (Å²) in [7, 11) is 0. The van der Waals surface area contributed by atoms with Gasteiger partial charge in [0, 0.05) is 31.9 Å². The fraction of sp³-hybridized carbons (Fsp3) is 0.235. The fourth-order valence-corrected chi connectivity index (χ4v) is 2.57. The molecule has 0 radical (unpaired) electrons. The van der Waals surface area contributed by atoms with E-state index in [0.29, 0.717) is 25.2 Å². The van der Waals surface area contributed by atoms with Gasteiger partial charge in [0.15, 0.2) is 0 Å². The third-order valence-corrected chi connectivity index (χ3v) is 3.69. The summed E-state index contributed by atoms with van der Waals surface area (Å²) in [5.41, 5.74) is 2.30. The molecule has 1 saturated heterocycles. The highest BCUT2D eigenvalue weighted by atomic mass is 16.2. The van der Waals surface area contributed by atoms with Crippen molar-refractivity contribution in [3.63, 3.8) is 0 Å². The molecule has 2 aromatic rings. The van der Waals surface area contributed by atoms with Gasteiger partial charge in [0.1, 0.15) is 0 Å². The molecule has 3 amide bonds. The number of pyridine rings is 1.